The summed E-state index contributed by atoms with van der Waals surface area (Å²) < 4.78 is 20.8. The molecular weight excluding hydrogens is 402 g/mol. The van der Waals surface area contributed by atoms with Gasteiger partial charge in [-0.15, -0.1) is 0 Å². The molecule has 0 bridgehead atoms. The predicted octanol–water partition coefficient (Wildman–Crippen LogP) is 1.69. The number of nitrogen functional groups attached to an aromatic ring is 1. The Bertz CT molecular complexity index is 1480. The summed E-state index contributed by atoms with van der Waals surface area (Å²) in [6.07, 6.45) is 1.54. The first kappa shape index (κ1) is 18.7. The fourth-order valence-electron chi connectivity index (χ4n) is 3.66. The highest BCUT2D eigenvalue weighted by molar-refractivity contribution is 5.89. The second kappa shape index (κ2) is 6.90. The van der Waals surface area contributed by atoms with Gasteiger partial charge in [0.15, 0.2) is 22.9 Å². The number of benzene rings is 1. The Balaban J connectivity index is 1.73. The number of ether oxygens (including phenoxy) is 2. The van der Waals surface area contributed by atoms with Gasteiger partial charge in [0.25, 0.3) is 0 Å². The first-order chi connectivity index (χ1) is 15.0. The smallest absolute Gasteiger partial charge is 0.346 e. The Hall–Kier alpha value is -4.28. The third-order valence-electron chi connectivity index (χ3n) is 5.08. The molecule has 5 rings (SSSR count). The van der Waals surface area contributed by atoms with Crippen LogP contribution in [0.5, 0.6) is 11.5 Å². The van der Waals surface area contributed by atoms with Crippen LogP contribution in [0.2, 0.25) is 0 Å². The van der Waals surface area contributed by atoms with Gasteiger partial charge in [-0.3, -0.25) is 4.57 Å². The van der Waals surface area contributed by atoms with Crippen LogP contribution in [-0.4, -0.2) is 42.9 Å². The molecule has 0 spiro atoms. The van der Waals surface area contributed by atoms with E-state index in [0.717, 1.165) is 5.56 Å². The highest BCUT2D eigenvalue weighted by Gasteiger charge is 2.23. The molecule has 31 heavy (non-hydrogen) atoms. The van der Waals surface area contributed by atoms with Gasteiger partial charge >= 0.3 is 5.69 Å². The summed E-state index contributed by atoms with van der Waals surface area (Å²) in [6, 6.07) is 9.00. The Labute approximate surface area is 175 Å². The molecule has 0 atom stereocenters. The number of anilines is 1. The Morgan fingerprint density at radius 3 is 2.61 bits per heavy atom. The molecule has 0 fully saturated rings. The lowest BCUT2D eigenvalue weighted by Gasteiger charge is -2.09. The van der Waals surface area contributed by atoms with Crippen LogP contribution in [0.25, 0.3) is 28.4 Å². The second-order valence-electron chi connectivity index (χ2n) is 6.89. The van der Waals surface area contributed by atoms with Gasteiger partial charge in [0.2, 0.25) is 11.7 Å². The van der Waals surface area contributed by atoms with Crippen LogP contribution >= 0.6 is 0 Å². The topological polar surface area (TPSA) is 128 Å². The molecule has 0 unspecified atom stereocenters. The normalized spacial score (nSPS) is 11.5. The zero-order valence-electron chi connectivity index (χ0n) is 17.1. The van der Waals surface area contributed by atoms with E-state index < -0.39 is 0 Å². The number of imidazole rings is 1. The van der Waals surface area contributed by atoms with Gasteiger partial charge in [0.1, 0.15) is 11.2 Å². The van der Waals surface area contributed by atoms with Crippen LogP contribution < -0.4 is 20.9 Å². The maximum absolute atomic E-state index is 13.1. The van der Waals surface area contributed by atoms with Gasteiger partial charge in [-0.1, -0.05) is 6.07 Å². The number of aromatic nitrogens is 6. The molecule has 4 aromatic heterocycles. The van der Waals surface area contributed by atoms with Crippen LogP contribution in [0.15, 0.2) is 45.8 Å². The molecule has 11 heteroatoms. The average molecular weight is 421 g/mol. The summed E-state index contributed by atoms with van der Waals surface area (Å²) in [5, 5.41) is 0. The number of aryl methyl sites for hydroxylation is 1. The zero-order chi connectivity index (χ0) is 21.7. The number of methoxy groups -OCH3 is 2. The molecule has 0 saturated heterocycles. The highest BCUT2D eigenvalue weighted by atomic mass is 16.5. The lowest BCUT2D eigenvalue weighted by atomic mass is 10.2. The molecule has 0 aliphatic heterocycles. The molecule has 0 radical (unpaired) electrons. The third-order valence-corrected chi connectivity index (χ3v) is 5.08. The van der Waals surface area contributed by atoms with Crippen molar-refractivity contribution in [2.45, 2.75) is 6.54 Å². The number of hydrogen-bond acceptors (Lipinski definition) is 8. The molecule has 5 aromatic rings. The fourth-order valence-corrected chi connectivity index (χ4v) is 3.66. The Morgan fingerprint density at radius 2 is 1.90 bits per heavy atom. The second-order valence-corrected chi connectivity index (χ2v) is 6.89. The van der Waals surface area contributed by atoms with Crippen LogP contribution in [0.1, 0.15) is 5.56 Å². The van der Waals surface area contributed by atoms with Crippen molar-refractivity contribution >= 4 is 22.9 Å². The van der Waals surface area contributed by atoms with E-state index in [0.29, 0.717) is 39.9 Å². The summed E-state index contributed by atoms with van der Waals surface area (Å²) in [6.45, 7) is 0.270. The number of rotatable bonds is 5. The molecule has 158 valence electrons. The minimum atomic E-state index is -0.249. The maximum atomic E-state index is 13.1. The van der Waals surface area contributed by atoms with Crippen molar-refractivity contribution < 1.29 is 13.9 Å². The quantitative estimate of drug-likeness (QED) is 0.454. The van der Waals surface area contributed by atoms with Crippen molar-refractivity contribution in [2.24, 2.45) is 7.05 Å². The molecule has 4 heterocycles. The fraction of sp³-hybridized carbons (Fsp3) is 0.200. The van der Waals surface area contributed by atoms with E-state index in [2.05, 4.69) is 15.0 Å². The van der Waals surface area contributed by atoms with Crippen LogP contribution in [0, 0.1) is 0 Å². The lowest BCUT2D eigenvalue weighted by molar-refractivity contribution is 0.354. The monoisotopic (exact) mass is 421 g/mol. The van der Waals surface area contributed by atoms with Crippen molar-refractivity contribution in [3.63, 3.8) is 0 Å². The van der Waals surface area contributed by atoms with Crippen molar-refractivity contribution in [2.75, 3.05) is 20.0 Å². The molecule has 0 saturated carbocycles. The molecule has 2 N–H and O–H groups in total. The number of hydrogen-bond donors (Lipinski definition) is 1. The van der Waals surface area contributed by atoms with E-state index in [1.54, 1.807) is 54.8 Å². The zero-order valence-corrected chi connectivity index (χ0v) is 17.1. The van der Waals surface area contributed by atoms with Crippen molar-refractivity contribution in [3.8, 4) is 23.0 Å². The Kier molecular flexibility index (Phi) is 4.17. The van der Waals surface area contributed by atoms with Crippen molar-refractivity contribution in [3.05, 3.63) is 52.6 Å². The Morgan fingerprint density at radius 1 is 1.10 bits per heavy atom. The maximum Gasteiger partial charge on any atom is 0.346 e. The molecule has 1 aromatic carbocycles. The first-order valence-electron chi connectivity index (χ1n) is 9.38. The molecular formula is C20H19N7O4. The minimum absolute atomic E-state index is 0.0658. The van der Waals surface area contributed by atoms with Gasteiger partial charge in [0, 0.05) is 7.05 Å². The lowest BCUT2D eigenvalue weighted by Crippen LogP contribution is -2.24. The molecule has 11 nitrogen and oxygen atoms in total. The average Bonchev–Trinajstić information content (AvgIpc) is 3.48. The van der Waals surface area contributed by atoms with Crippen LogP contribution in [-0.2, 0) is 13.6 Å². The van der Waals surface area contributed by atoms with Gasteiger partial charge in [0.05, 0.1) is 27.0 Å². The number of nitrogens with two attached hydrogens (primary N) is 1. The number of fused-ring (bicyclic) bond motifs is 3. The summed E-state index contributed by atoms with van der Waals surface area (Å²) >= 11 is 0. The first-order valence-corrected chi connectivity index (χ1v) is 9.38. The number of furan rings is 1. The van der Waals surface area contributed by atoms with Crippen LogP contribution in [0.4, 0.5) is 5.95 Å². The molecule has 0 aliphatic carbocycles. The van der Waals surface area contributed by atoms with E-state index in [1.807, 2.05) is 12.1 Å². The predicted molar refractivity (Wildman–Crippen MR) is 112 cm³/mol. The standard InChI is InChI=1S/C20H19N7O4/c1-25-20(28)26(10-11-6-7-12(29-2)14(9-11)30-3)19-24-17-16(27(19)25)15(22-18(21)23-17)13-5-4-8-31-13/h4-9H,10H2,1-3H3,(H2,21,22,23). The van der Waals surface area contributed by atoms with Gasteiger partial charge in [-0.2, -0.15) is 9.97 Å². The number of nitrogens with zero attached hydrogens (tertiary/aromatic N) is 6. The summed E-state index contributed by atoms with van der Waals surface area (Å²) in [5.41, 5.74) is 7.85. The van der Waals surface area contributed by atoms with Gasteiger partial charge < -0.3 is 19.6 Å². The molecule has 0 aliphatic rings. The highest BCUT2D eigenvalue weighted by Crippen LogP contribution is 2.29. The van der Waals surface area contributed by atoms with E-state index in [1.165, 1.54) is 4.68 Å². The largest absolute Gasteiger partial charge is 0.493 e. The van der Waals surface area contributed by atoms with E-state index in [4.69, 9.17) is 19.6 Å². The van der Waals surface area contributed by atoms with Gasteiger partial charge in [-0.25, -0.2) is 19.0 Å². The summed E-state index contributed by atoms with van der Waals surface area (Å²) in [4.78, 5) is 26.2. The SMILES string of the molecule is COc1ccc(Cn2c(=O)n(C)n3c4c(-c5ccco5)nc(N)nc4nc23)cc1OC. The van der Waals surface area contributed by atoms with E-state index in [-0.39, 0.29) is 18.2 Å². The van der Waals surface area contributed by atoms with E-state index >= 15 is 0 Å². The van der Waals surface area contributed by atoms with Gasteiger partial charge in [-0.05, 0) is 29.8 Å². The summed E-state index contributed by atoms with van der Waals surface area (Å²) in [7, 11) is 4.79. The minimum Gasteiger partial charge on any atom is -0.493 e. The molecule has 0 amide bonds. The third kappa shape index (κ3) is 2.81. The van der Waals surface area contributed by atoms with Crippen molar-refractivity contribution in [1.29, 1.82) is 0 Å². The van der Waals surface area contributed by atoms with Crippen molar-refractivity contribution in [1.82, 2.24) is 28.7 Å². The summed E-state index contributed by atoms with van der Waals surface area (Å²) in [5.74, 6) is 2.16. The van der Waals surface area contributed by atoms with E-state index in [9.17, 15) is 4.79 Å². The van der Waals surface area contributed by atoms with Crippen LogP contribution in [0.3, 0.4) is 0 Å².